The average molecular weight is 199 g/mol. The van der Waals surface area contributed by atoms with Crippen LogP contribution in [0.5, 0.6) is 0 Å². The van der Waals surface area contributed by atoms with Crippen LogP contribution in [-0.4, -0.2) is 38.4 Å². The molecule has 4 heteroatoms. The third kappa shape index (κ3) is 2.25. The Bertz CT molecular complexity index is 215. The van der Waals surface area contributed by atoms with Crippen LogP contribution < -0.4 is 5.32 Å². The zero-order valence-corrected chi connectivity index (χ0v) is 8.49. The van der Waals surface area contributed by atoms with Gasteiger partial charge in [-0.3, -0.25) is 4.79 Å². The van der Waals surface area contributed by atoms with Crippen molar-refractivity contribution in [3.8, 4) is 0 Å². The Labute approximate surface area is 84.0 Å². The van der Waals surface area contributed by atoms with E-state index >= 15 is 0 Å². The lowest BCUT2D eigenvalue weighted by atomic mass is 9.95. The number of hydrogen-bond donors (Lipinski definition) is 1. The predicted octanol–water partition coefficient (Wildman–Crippen LogP) is 0.316. The summed E-state index contributed by atoms with van der Waals surface area (Å²) in [6, 6.07) is 0.762. The van der Waals surface area contributed by atoms with Gasteiger partial charge in [0.25, 0.3) is 0 Å². The van der Waals surface area contributed by atoms with Gasteiger partial charge in [-0.1, -0.05) is 0 Å². The Hall–Kier alpha value is -0.610. The molecule has 0 spiro atoms. The Balaban J connectivity index is 1.91. The number of carbonyl (C=O) groups excluding carboxylic acids is 1. The summed E-state index contributed by atoms with van der Waals surface area (Å²) in [6.45, 7) is 1.30. The lowest BCUT2D eigenvalue weighted by molar-refractivity contribution is -0.150. The summed E-state index contributed by atoms with van der Waals surface area (Å²) in [6.07, 6.45) is 3.23. The van der Waals surface area contributed by atoms with E-state index in [2.05, 4.69) is 5.32 Å². The smallest absolute Gasteiger partial charge is 0.310 e. The molecule has 1 heterocycles. The first-order valence-corrected chi connectivity index (χ1v) is 5.23. The molecule has 0 aromatic carbocycles. The van der Waals surface area contributed by atoms with Crippen LogP contribution in [0.2, 0.25) is 0 Å². The molecule has 14 heavy (non-hydrogen) atoms. The molecule has 1 saturated heterocycles. The van der Waals surface area contributed by atoms with E-state index < -0.39 is 0 Å². The van der Waals surface area contributed by atoms with Gasteiger partial charge >= 0.3 is 5.97 Å². The largest absolute Gasteiger partial charge is 0.469 e. The van der Waals surface area contributed by atoms with Crippen molar-refractivity contribution in [2.75, 3.05) is 20.3 Å². The first-order valence-electron chi connectivity index (χ1n) is 5.23. The maximum atomic E-state index is 11.5. The highest BCUT2D eigenvalue weighted by Gasteiger charge is 2.35. The summed E-state index contributed by atoms with van der Waals surface area (Å²) in [5.74, 6) is -0.124. The minimum Gasteiger partial charge on any atom is -0.469 e. The number of nitrogens with one attached hydrogen (secondary N) is 1. The van der Waals surface area contributed by atoms with Crippen LogP contribution in [0.3, 0.4) is 0 Å². The third-order valence-electron chi connectivity index (χ3n) is 2.89. The minimum atomic E-state index is -0.105. The van der Waals surface area contributed by atoms with Gasteiger partial charge in [0.05, 0.1) is 19.6 Å². The lowest BCUT2D eigenvalue weighted by Crippen LogP contribution is -2.48. The van der Waals surface area contributed by atoms with Crippen LogP contribution in [0.1, 0.15) is 19.3 Å². The van der Waals surface area contributed by atoms with E-state index in [1.165, 1.54) is 20.0 Å². The SMILES string of the molecule is COC(=O)C1CCOCC1NC1CC1. The molecule has 1 saturated carbocycles. The van der Waals surface area contributed by atoms with Crippen molar-refractivity contribution in [1.82, 2.24) is 5.32 Å². The van der Waals surface area contributed by atoms with Gasteiger partial charge in [-0.2, -0.15) is 0 Å². The molecule has 1 N–H and O–H groups in total. The standard InChI is InChI=1S/C10H17NO3/c1-13-10(12)8-4-5-14-6-9(8)11-7-2-3-7/h7-9,11H,2-6H2,1H3. The molecule has 1 aliphatic carbocycles. The van der Waals surface area contributed by atoms with Crippen molar-refractivity contribution in [2.45, 2.75) is 31.3 Å². The Morgan fingerprint density at radius 2 is 2.21 bits per heavy atom. The molecule has 0 aromatic heterocycles. The second-order valence-corrected chi connectivity index (χ2v) is 4.04. The van der Waals surface area contributed by atoms with Crippen LogP contribution in [0.4, 0.5) is 0 Å². The quantitative estimate of drug-likeness (QED) is 0.665. The van der Waals surface area contributed by atoms with E-state index in [1.807, 2.05) is 0 Å². The second-order valence-electron chi connectivity index (χ2n) is 4.04. The van der Waals surface area contributed by atoms with Gasteiger partial charge in [0.2, 0.25) is 0 Å². The van der Waals surface area contributed by atoms with Crippen LogP contribution in [0, 0.1) is 5.92 Å². The summed E-state index contributed by atoms with van der Waals surface area (Å²) in [5.41, 5.74) is 0. The lowest BCUT2D eigenvalue weighted by Gasteiger charge is -2.30. The Morgan fingerprint density at radius 3 is 2.86 bits per heavy atom. The van der Waals surface area contributed by atoms with Crippen molar-refractivity contribution < 1.29 is 14.3 Å². The topological polar surface area (TPSA) is 47.6 Å². The van der Waals surface area contributed by atoms with Gasteiger partial charge in [-0.15, -0.1) is 0 Å². The molecule has 2 unspecified atom stereocenters. The molecule has 0 aromatic rings. The molecular formula is C10H17NO3. The molecule has 1 aliphatic heterocycles. The molecule has 4 nitrogen and oxygen atoms in total. The van der Waals surface area contributed by atoms with Gasteiger partial charge in [-0.05, 0) is 19.3 Å². The highest BCUT2D eigenvalue weighted by atomic mass is 16.5. The van der Waals surface area contributed by atoms with Crippen LogP contribution in [0.25, 0.3) is 0 Å². The molecule has 0 radical (unpaired) electrons. The first kappa shape index (κ1) is 9.93. The van der Waals surface area contributed by atoms with E-state index in [0.29, 0.717) is 19.3 Å². The Morgan fingerprint density at radius 1 is 1.43 bits per heavy atom. The number of esters is 1. The van der Waals surface area contributed by atoms with E-state index in [9.17, 15) is 4.79 Å². The maximum Gasteiger partial charge on any atom is 0.310 e. The molecule has 2 fully saturated rings. The molecule has 0 bridgehead atoms. The molecule has 2 aliphatic rings. The first-order chi connectivity index (χ1) is 6.81. The fourth-order valence-corrected chi connectivity index (χ4v) is 1.89. The number of methoxy groups -OCH3 is 1. The number of hydrogen-bond acceptors (Lipinski definition) is 4. The zero-order chi connectivity index (χ0) is 9.97. The fraction of sp³-hybridized carbons (Fsp3) is 0.900. The summed E-state index contributed by atoms with van der Waals surface area (Å²) in [7, 11) is 1.45. The average Bonchev–Trinajstić information content (AvgIpc) is 3.01. The van der Waals surface area contributed by atoms with Gasteiger partial charge in [0, 0.05) is 18.7 Å². The molecule has 80 valence electrons. The van der Waals surface area contributed by atoms with Crippen molar-refractivity contribution in [1.29, 1.82) is 0 Å². The molecular weight excluding hydrogens is 182 g/mol. The van der Waals surface area contributed by atoms with Crippen molar-refractivity contribution in [2.24, 2.45) is 5.92 Å². The predicted molar refractivity (Wildman–Crippen MR) is 50.9 cm³/mol. The number of carbonyl (C=O) groups is 1. The highest BCUT2D eigenvalue weighted by Crippen LogP contribution is 2.24. The monoisotopic (exact) mass is 199 g/mol. The van der Waals surface area contributed by atoms with Crippen molar-refractivity contribution in [3.63, 3.8) is 0 Å². The second kappa shape index (κ2) is 4.28. The highest BCUT2D eigenvalue weighted by molar-refractivity contribution is 5.73. The fourth-order valence-electron chi connectivity index (χ4n) is 1.89. The summed E-state index contributed by atoms with van der Waals surface area (Å²) in [5, 5.41) is 3.43. The van der Waals surface area contributed by atoms with E-state index in [0.717, 1.165) is 6.42 Å². The summed E-state index contributed by atoms with van der Waals surface area (Å²) in [4.78, 5) is 11.5. The number of rotatable bonds is 3. The van der Waals surface area contributed by atoms with Gasteiger partial charge < -0.3 is 14.8 Å². The van der Waals surface area contributed by atoms with E-state index in [1.54, 1.807) is 0 Å². The van der Waals surface area contributed by atoms with Gasteiger partial charge in [0.1, 0.15) is 0 Å². The zero-order valence-electron chi connectivity index (χ0n) is 8.49. The number of ether oxygens (including phenoxy) is 2. The van der Waals surface area contributed by atoms with Gasteiger partial charge in [-0.25, -0.2) is 0 Å². The van der Waals surface area contributed by atoms with Crippen LogP contribution in [-0.2, 0) is 14.3 Å². The summed E-state index contributed by atoms with van der Waals surface area (Å²) >= 11 is 0. The van der Waals surface area contributed by atoms with Crippen molar-refractivity contribution in [3.05, 3.63) is 0 Å². The van der Waals surface area contributed by atoms with Gasteiger partial charge in [0.15, 0.2) is 0 Å². The van der Waals surface area contributed by atoms with Crippen LogP contribution >= 0.6 is 0 Å². The van der Waals surface area contributed by atoms with E-state index in [-0.39, 0.29) is 17.9 Å². The van der Waals surface area contributed by atoms with E-state index in [4.69, 9.17) is 9.47 Å². The molecule has 2 atom stereocenters. The maximum absolute atomic E-state index is 11.5. The molecule has 0 amide bonds. The normalized spacial score (nSPS) is 32.6. The Kier molecular flexibility index (Phi) is 3.03. The third-order valence-corrected chi connectivity index (χ3v) is 2.89. The minimum absolute atomic E-state index is 0.0191. The van der Waals surface area contributed by atoms with Crippen molar-refractivity contribution >= 4 is 5.97 Å². The molecule has 2 rings (SSSR count). The summed E-state index contributed by atoms with van der Waals surface area (Å²) < 4.78 is 10.2. The van der Waals surface area contributed by atoms with Crippen LogP contribution in [0.15, 0.2) is 0 Å².